The van der Waals surface area contributed by atoms with Crippen LogP contribution in [0.2, 0.25) is 0 Å². The van der Waals surface area contributed by atoms with Crippen molar-refractivity contribution in [2.45, 2.75) is 38.2 Å². The summed E-state index contributed by atoms with van der Waals surface area (Å²) < 4.78 is 52.1. The van der Waals surface area contributed by atoms with Gasteiger partial charge in [-0.1, -0.05) is 5.69 Å². The molecule has 0 aromatic carbocycles. The van der Waals surface area contributed by atoms with Crippen LogP contribution in [0.15, 0.2) is 11.4 Å². The molecular formula is C17H20F4N5O2RbS. The van der Waals surface area contributed by atoms with Crippen LogP contribution in [0.25, 0.3) is 0 Å². The standard InChI is InChI=1S/C16H15F4N4O2S.CH5N.Rb/c17-14(18)11-5-12(15(19)20)24(22-11)6-13(26)23-3-1-9(2-4-23)16-21-10(7-25)8-27-16;1-2;/h5,8-9,14-15H,1-4,6H2;2H2,1H3;/q-1;;+1. The van der Waals surface area contributed by atoms with Crippen molar-refractivity contribution in [3.63, 3.8) is 0 Å². The van der Waals surface area contributed by atoms with Gasteiger partial charge in [0.2, 0.25) is 5.91 Å². The van der Waals surface area contributed by atoms with Crippen LogP contribution in [0.4, 0.5) is 17.6 Å². The smallest absolute Gasteiger partial charge is 0.417 e. The summed E-state index contributed by atoms with van der Waals surface area (Å²) >= 11 is 1.36. The number of alkyl halides is 4. The first-order chi connectivity index (χ1) is 13.9. The van der Waals surface area contributed by atoms with Crippen molar-refractivity contribution >= 4 is 23.5 Å². The molecule has 30 heavy (non-hydrogen) atoms. The van der Waals surface area contributed by atoms with E-state index in [1.807, 2.05) is 0 Å². The molecule has 13 heteroatoms. The fraction of sp³-hybridized carbons (Fsp3) is 0.529. The molecule has 0 atom stereocenters. The molecule has 0 saturated carbocycles. The molecule has 1 amide bonds. The summed E-state index contributed by atoms with van der Waals surface area (Å²) in [4.78, 5) is 28.6. The first-order valence-electron chi connectivity index (χ1n) is 8.72. The Hall–Kier alpha value is -0.535. The first kappa shape index (κ1) is 27.5. The van der Waals surface area contributed by atoms with Crippen molar-refractivity contribution in [2.75, 3.05) is 20.1 Å². The van der Waals surface area contributed by atoms with E-state index >= 15 is 0 Å². The van der Waals surface area contributed by atoms with Gasteiger partial charge < -0.3 is 15.4 Å². The zero-order chi connectivity index (χ0) is 21.6. The third-order valence-corrected chi connectivity index (χ3v) is 5.39. The van der Waals surface area contributed by atoms with E-state index in [0.29, 0.717) is 36.7 Å². The number of halogens is 4. The largest absolute Gasteiger partial charge is 1.00 e. The Balaban J connectivity index is 0.00000146. The third kappa shape index (κ3) is 6.99. The van der Waals surface area contributed by atoms with Crippen molar-refractivity contribution in [3.05, 3.63) is 33.5 Å². The van der Waals surface area contributed by atoms with Crippen LogP contribution in [0.5, 0.6) is 0 Å². The van der Waals surface area contributed by atoms with Gasteiger partial charge in [-0.15, -0.1) is 5.38 Å². The summed E-state index contributed by atoms with van der Waals surface area (Å²) in [6, 6.07) is 0.624. The van der Waals surface area contributed by atoms with E-state index in [1.165, 1.54) is 23.3 Å². The molecule has 0 bridgehead atoms. The van der Waals surface area contributed by atoms with Crippen molar-refractivity contribution in [3.8, 4) is 0 Å². The number of hydrogen-bond donors (Lipinski definition) is 1. The third-order valence-electron chi connectivity index (χ3n) is 4.39. The number of hydrogen-bond acceptors (Lipinski definition) is 6. The topological polar surface area (TPSA) is 94.1 Å². The maximum Gasteiger partial charge on any atom is 1.00 e. The number of nitrogens with zero attached hydrogens (tertiary/aromatic N) is 4. The fourth-order valence-corrected chi connectivity index (χ4v) is 3.90. The van der Waals surface area contributed by atoms with Gasteiger partial charge in [0.15, 0.2) is 0 Å². The maximum absolute atomic E-state index is 13.0. The van der Waals surface area contributed by atoms with E-state index in [9.17, 15) is 27.2 Å². The molecule has 160 valence electrons. The predicted octanol–water partition coefficient (Wildman–Crippen LogP) is -0.342. The molecule has 1 saturated heterocycles. The zero-order valence-electron chi connectivity index (χ0n) is 16.5. The Morgan fingerprint density at radius 3 is 2.40 bits per heavy atom. The van der Waals surface area contributed by atoms with Gasteiger partial charge in [0.05, 0.1) is 5.01 Å². The van der Waals surface area contributed by atoms with Gasteiger partial charge in [-0.25, -0.2) is 28.9 Å². The molecule has 7 nitrogen and oxygen atoms in total. The van der Waals surface area contributed by atoms with Gasteiger partial charge in [0.1, 0.15) is 17.9 Å². The normalized spacial score (nSPS) is 14.3. The second-order valence-corrected chi connectivity index (χ2v) is 6.97. The molecule has 1 fully saturated rings. The number of likely N-dealkylation sites (tertiary alicyclic amines) is 1. The van der Waals surface area contributed by atoms with Crippen LogP contribution < -0.4 is 63.9 Å². The number of thiazole rings is 1. The van der Waals surface area contributed by atoms with Crippen LogP contribution in [0.3, 0.4) is 0 Å². The van der Waals surface area contributed by atoms with Crippen LogP contribution in [-0.2, 0) is 16.1 Å². The number of amides is 1. The Kier molecular flexibility index (Phi) is 12.0. The summed E-state index contributed by atoms with van der Waals surface area (Å²) in [5.41, 5.74) is 3.28. The van der Waals surface area contributed by atoms with Crippen LogP contribution >= 0.6 is 11.3 Å². The second kappa shape index (κ2) is 13.1. The Labute approximate surface area is 223 Å². The monoisotopic (exact) mass is 519 g/mol. The molecule has 1 aliphatic heterocycles. The van der Waals surface area contributed by atoms with Gasteiger partial charge in [-0.2, -0.15) is 5.10 Å². The molecule has 1 aliphatic rings. The molecule has 2 aromatic heterocycles. The summed E-state index contributed by atoms with van der Waals surface area (Å²) in [5.74, 6) is -0.353. The molecule has 3 heterocycles. The first-order valence-corrected chi connectivity index (χ1v) is 9.60. The fourth-order valence-electron chi connectivity index (χ4n) is 2.99. The summed E-state index contributed by atoms with van der Waals surface area (Å²) in [6.07, 6.45) is -3.04. The van der Waals surface area contributed by atoms with Crippen molar-refractivity contribution in [1.82, 2.24) is 19.7 Å². The Morgan fingerprint density at radius 1 is 1.27 bits per heavy atom. The van der Waals surface area contributed by atoms with Gasteiger partial charge in [0, 0.05) is 25.3 Å². The predicted molar refractivity (Wildman–Crippen MR) is 97.7 cm³/mol. The number of aromatic nitrogens is 3. The maximum atomic E-state index is 13.0. The number of rotatable bonds is 6. The number of nitrogens with two attached hydrogens (primary N) is 1. The Morgan fingerprint density at radius 2 is 1.90 bits per heavy atom. The number of piperidine rings is 1. The molecule has 3 rings (SSSR count). The quantitative estimate of drug-likeness (QED) is 0.416. The average molecular weight is 520 g/mol. The van der Waals surface area contributed by atoms with E-state index < -0.39 is 36.7 Å². The van der Waals surface area contributed by atoms with E-state index in [2.05, 4.69) is 15.8 Å². The van der Waals surface area contributed by atoms with E-state index in [4.69, 9.17) is 0 Å². The van der Waals surface area contributed by atoms with Gasteiger partial charge in [0.25, 0.3) is 12.9 Å². The van der Waals surface area contributed by atoms with E-state index in [-0.39, 0.29) is 69.8 Å². The van der Waals surface area contributed by atoms with Crippen molar-refractivity contribution < 1.29 is 85.3 Å². The summed E-state index contributed by atoms with van der Waals surface area (Å²) in [5, 5.41) is 5.85. The number of carbonyl (C=O) groups is 1. The van der Waals surface area contributed by atoms with Gasteiger partial charge >= 0.3 is 58.2 Å². The minimum absolute atomic E-state index is 0. The number of carbonyl (C=O) groups excluding carboxylic acids is 2. The molecule has 0 spiro atoms. The van der Waals surface area contributed by atoms with E-state index in [1.54, 1.807) is 11.7 Å². The molecule has 0 unspecified atom stereocenters. The van der Waals surface area contributed by atoms with Crippen molar-refractivity contribution in [2.24, 2.45) is 5.73 Å². The molecule has 2 N–H and O–H groups in total. The molecular weight excluding hydrogens is 500 g/mol. The van der Waals surface area contributed by atoms with E-state index in [0.717, 1.165) is 5.01 Å². The average Bonchev–Trinajstić information content (AvgIpc) is 3.37. The molecule has 0 aliphatic carbocycles. The SMILES string of the molecule is CN.O=[C-]c1csc(C2CCN(C(=O)Cn3nc(C(F)F)cc3C(F)F)CC2)n1.[Rb+]. The van der Waals surface area contributed by atoms with Crippen LogP contribution in [0.1, 0.15) is 53.7 Å². The molecule has 0 radical (unpaired) electrons. The van der Waals surface area contributed by atoms with Crippen molar-refractivity contribution in [1.29, 1.82) is 0 Å². The Bertz CT molecular complexity index is 825. The van der Waals surface area contributed by atoms with Gasteiger partial charge in [-0.05, 0) is 26.0 Å². The van der Waals surface area contributed by atoms with Crippen LogP contribution in [-0.4, -0.2) is 52.0 Å². The molecule has 2 aromatic rings. The minimum atomic E-state index is -3.00. The van der Waals surface area contributed by atoms with Gasteiger partial charge in [-0.3, -0.25) is 14.5 Å². The minimum Gasteiger partial charge on any atom is -0.417 e. The second-order valence-electron chi connectivity index (χ2n) is 6.08. The summed E-state index contributed by atoms with van der Waals surface area (Å²) in [7, 11) is 1.50. The van der Waals surface area contributed by atoms with Crippen LogP contribution in [0, 0.1) is 0 Å². The zero-order valence-corrected chi connectivity index (χ0v) is 22.3. The summed E-state index contributed by atoms with van der Waals surface area (Å²) in [6.45, 7) is 0.255.